The van der Waals surface area contributed by atoms with Crippen molar-refractivity contribution in [3.63, 3.8) is 0 Å². The molecule has 1 saturated heterocycles. The van der Waals surface area contributed by atoms with Crippen LogP contribution in [0, 0.1) is 11.6 Å². The third-order valence-corrected chi connectivity index (χ3v) is 6.56. The number of anilines is 2. The first-order valence-electron chi connectivity index (χ1n) is 12.0. The fraction of sp³-hybridized carbons (Fsp3) is 0.259. The fourth-order valence-corrected chi connectivity index (χ4v) is 4.53. The molecule has 1 aromatic heterocycles. The van der Waals surface area contributed by atoms with Crippen LogP contribution >= 0.6 is 0 Å². The van der Waals surface area contributed by atoms with Gasteiger partial charge in [0.25, 0.3) is 0 Å². The molecule has 0 aliphatic carbocycles. The van der Waals surface area contributed by atoms with E-state index < -0.39 is 35.5 Å². The van der Waals surface area contributed by atoms with Crippen LogP contribution in [0.15, 0.2) is 85.5 Å². The van der Waals surface area contributed by atoms with Crippen LogP contribution in [0.1, 0.15) is 5.56 Å². The number of benzene rings is 3. The molecule has 1 N–H and O–H groups in total. The predicted molar refractivity (Wildman–Crippen MR) is 133 cm³/mol. The molecule has 0 spiro atoms. The normalized spacial score (nSPS) is 15.8. The van der Waals surface area contributed by atoms with Crippen LogP contribution in [0.5, 0.6) is 5.75 Å². The van der Waals surface area contributed by atoms with Gasteiger partial charge >= 0.3 is 6.11 Å². The number of aliphatic hydroxyl groups is 1. The Labute approximate surface area is 216 Å². The van der Waals surface area contributed by atoms with Gasteiger partial charge in [-0.15, -0.1) is 0 Å². The van der Waals surface area contributed by atoms with Crippen molar-refractivity contribution < 1.29 is 27.4 Å². The van der Waals surface area contributed by atoms with E-state index in [9.17, 15) is 13.9 Å². The molecule has 0 bridgehead atoms. The number of aromatic nitrogens is 3. The van der Waals surface area contributed by atoms with Crippen molar-refractivity contribution in [3.8, 4) is 5.75 Å². The van der Waals surface area contributed by atoms with Gasteiger partial charge in [0.1, 0.15) is 30.0 Å². The second-order valence-electron chi connectivity index (χ2n) is 9.00. The molecule has 0 radical (unpaired) electrons. The summed E-state index contributed by atoms with van der Waals surface area (Å²) in [5.41, 5.74) is -2.09. The summed E-state index contributed by atoms with van der Waals surface area (Å²) in [4.78, 5) is 8.08. The maximum Gasteiger partial charge on any atom is 0.433 e. The van der Waals surface area contributed by atoms with Crippen LogP contribution in [0.2, 0.25) is 0 Å². The van der Waals surface area contributed by atoms with Crippen molar-refractivity contribution in [1.82, 2.24) is 14.8 Å². The van der Waals surface area contributed by atoms with Gasteiger partial charge in [-0.05, 0) is 48.5 Å². The summed E-state index contributed by atoms with van der Waals surface area (Å²) < 4.78 is 65.1. The van der Waals surface area contributed by atoms with Gasteiger partial charge in [-0.2, -0.15) is 13.9 Å². The molecule has 0 amide bonds. The Hall–Kier alpha value is -4.12. The minimum atomic E-state index is -4.33. The summed E-state index contributed by atoms with van der Waals surface area (Å²) in [6.07, 6.45) is -2.16. The standard InChI is InChI=1S/C27H25F4N5O2/c28-20-6-11-24(25(29)16-20)26(37,17-36-19-32-18-33-36)27(30,31)38-23-9-7-22(8-10-23)35-14-12-34(13-15-35)21-4-2-1-3-5-21/h1-11,16,18-19,37H,12-15,17H2. The van der Waals surface area contributed by atoms with Crippen LogP contribution in [0.3, 0.4) is 0 Å². The van der Waals surface area contributed by atoms with Gasteiger partial charge in [0, 0.05) is 49.2 Å². The third-order valence-electron chi connectivity index (χ3n) is 6.56. The highest BCUT2D eigenvalue weighted by Gasteiger charge is 2.58. The van der Waals surface area contributed by atoms with E-state index >= 15 is 8.78 Å². The van der Waals surface area contributed by atoms with Gasteiger partial charge in [0.05, 0.1) is 6.54 Å². The van der Waals surface area contributed by atoms with Crippen molar-refractivity contribution in [2.75, 3.05) is 36.0 Å². The molecule has 7 nitrogen and oxygen atoms in total. The SMILES string of the molecule is OC(Cn1cncn1)(c1ccc(F)cc1F)C(F)(F)Oc1ccc(N2CCN(c3ccccc3)CC2)cc1. The number of para-hydroxylation sites is 1. The molecule has 2 heterocycles. The van der Waals surface area contributed by atoms with E-state index in [1.165, 1.54) is 12.1 Å². The van der Waals surface area contributed by atoms with Crippen molar-refractivity contribution in [1.29, 1.82) is 0 Å². The number of nitrogens with zero attached hydrogens (tertiary/aromatic N) is 5. The molecule has 1 unspecified atom stereocenters. The Morgan fingerprint density at radius 2 is 1.47 bits per heavy atom. The highest BCUT2D eigenvalue weighted by molar-refractivity contribution is 5.53. The average molecular weight is 528 g/mol. The summed E-state index contributed by atoms with van der Waals surface area (Å²) >= 11 is 0. The van der Waals surface area contributed by atoms with E-state index in [0.29, 0.717) is 6.07 Å². The molecule has 3 aromatic carbocycles. The quantitative estimate of drug-likeness (QED) is 0.342. The summed E-state index contributed by atoms with van der Waals surface area (Å²) in [5.74, 6) is -2.55. The van der Waals surface area contributed by atoms with Crippen molar-refractivity contribution >= 4 is 11.4 Å². The first-order chi connectivity index (χ1) is 18.2. The van der Waals surface area contributed by atoms with Gasteiger partial charge in [-0.1, -0.05) is 18.2 Å². The lowest BCUT2D eigenvalue weighted by atomic mass is 9.91. The van der Waals surface area contributed by atoms with E-state index in [0.717, 1.165) is 67.0 Å². The Morgan fingerprint density at radius 1 is 0.842 bits per heavy atom. The number of rotatable bonds is 8. The zero-order valence-corrected chi connectivity index (χ0v) is 20.2. The highest BCUT2D eigenvalue weighted by Crippen LogP contribution is 2.42. The minimum absolute atomic E-state index is 0.235. The van der Waals surface area contributed by atoms with Crippen LogP contribution in [-0.2, 0) is 12.1 Å². The Balaban J connectivity index is 1.32. The first-order valence-corrected chi connectivity index (χ1v) is 12.0. The lowest BCUT2D eigenvalue weighted by Gasteiger charge is -2.37. The Kier molecular flexibility index (Phi) is 6.94. The molecule has 1 fully saturated rings. The average Bonchev–Trinajstić information content (AvgIpc) is 3.42. The Bertz CT molecular complexity index is 1350. The summed E-state index contributed by atoms with van der Waals surface area (Å²) in [6, 6.07) is 18.1. The minimum Gasteiger partial charge on any atom is -0.430 e. The zero-order chi connectivity index (χ0) is 26.8. The second kappa shape index (κ2) is 10.3. The number of hydrogen-bond acceptors (Lipinski definition) is 6. The number of piperazine rings is 1. The zero-order valence-electron chi connectivity index (χ0n) is 20.2. The van der Waals surface area contributed by atoms with Crippen LogP contribution in [0.4, 0.5) is 28.9 Å². The summed E-state index contributed by atoms with van der Waals surface area (Å²) in [7, 11) is 0. The second-order valence-corrected chi connectivity index (χ2v) is 9.00. The highest BCUT2D eigenvalue weighted by atomic mass is 19.3. The van der Waals surface area contributed by atoms with Crippen molar-refractivity contribution in [2.24, 2.45) is 0 Å². The third kappa shape index (κ3) is 5.14. The van der Waals surface area contributed by atoms with E-state index in [-0.39, 0.29) is 5.75 Å². The van der Waals surface area contributed by atoms with E-state index in [2.05, 4.69) is 32.0 Å². The van der Waals surface area contributed by atoms with Gasteiger partial charge < -0.3 is 19.6 Å². The molecule has 1 aliphatic rings. The van der Waals surface area contributed by atoms with Gasteiger partial charge in [-0.3, -0.25) is 0 Å². The largest absolute Gasteiger partial charge is 0.433 e. The monoisotopic (exact) mass is 527 g/mol. The fourth-order valence-electron chi connectivity index (χ4n) is 4.53. The molecular formula is C27H25F4N5O2. The van der Waals surface area contributed by atoms with Crippen LogP contribution < -0.4 is 14.5 Å². The predicted octanol–water partition coefficient (Wildman–Crippen LogP) is 4.44. The molecule has 198 valence electrons. The summed E-state index contributed by atoms with van der Waals surface area (Å²) in [5, 5.41) is 14.9. The molecule has 1 aliphatic heterocycles. The number of alkyl halides is 2. The molecular weight excluding hydrogens is 502 g/mol. The number of halogens is 4. The lowest BCUT2D eigenvalue weighted by molar-refractivity contribution is -0.301. The lowest BCUT2D eigenvalue weighted by Crippen LogP contribution is -2.52. The van der Waals surface area contributed by atoms with Crippen molar-refractivity contribution in [2.45, 2.75) is 18.3 Å². The van der Waals surface area contributed by atoms with Crippen LogP contribution in [0.25, 0.3) is 0 Å². The molecule has 11 heteroatoms. The summed E-state index contributed by atoms with van der Waals surface area (Å²) in [6.45, 7) is 2.20. The molecule has 0 saturated carbocycles. The van der Waals surface area contributed by atoms with Crippen LogP contribution in [-0.4, -0.2) is 52.2 Å². The maximum atomic E-state index is 15.6. The number of ether oxygens (including phenoxy) is 1. The van der Waals surface area contributed by atoms with E-state index in [4.69, 9.17) is 4.74 Å². The topological polar surface area (TPSA) is 66.7 Å². The van der Waals surface area contributed by atoms with E-state index in [1.54, 1.807) is 12.1 Å². The molecule has 4 aromatic rings. The van der Waals surface area contributed by atoms with Gasteiger partial charge in [0.2, 0.25) is 5.60 Å². The maximum absolute atomic E-state index is 15.6. The van der Waals surface area contributed by atoms with Crippen molar-refractivity contribution in [3.05, 3.63) is 103 Å². The Morgan fingerprint density at radius 3 is 2.05 bits per heavy atom. The molecule has 38 heavy (non-hydrogen) atoms. The smallest absolute Gasteiger partial charge is 0.430 e. The first kappa shape index (κ1) is 25.5. The molecule has 1 atom stereocenters. The number of hydrogen-bond donors (Lipinski definition) is 1. The van der Waals surface area contributed by atoms with Gasteiger partial charge in [0.15, 0.2) is 0 Å². The van der Waals surface area contributed by atoms with Gasteiger partial charge in [-0.25, -0.2) is 18.4 Å². The molecule has 5 rings (SSSR count). The van der Waals surface area contributed by atoms with E-state index in [1.807, 2.05) is 18.2 Å².